The highest BCUT2D eigenvalue weighted by molar-refractivity contribution is 7.89. The number of unbranched alkanes of at least 4 members (excludes halogenated alkanes) is 3. The molecule has 0 spiro atoms. The highest BCUT2D eigenvalue weighted by Crippen LogP contribution is 2.15. The van der Waals surface area contributed by atoms with Gasteiger partial charge in [0.05, 0.1) is 36.3 Å². The molecule has 0 unspecified atom stereocenters. The predicted octanol–water partition coefficient (Wildman–Crippen LogP) is 1.92. The SMILES string of the molecule is CCCCCCN(CCN1CCOCC1)C(=O)CN(C)S(=O)(=O)c1ccc(C#N)cc1. The maximum absolute atomic E-state index is 13.0. The van der Waals surface area contributed by atoms with E-state index in [0.29, 0.717) is 31.9 Å². The summed E-state index contributed by atoms with van der Waals surface area (Å²) in [6, 6.07) is 7.69. The molecule has 1 aliphatic heterocycles. The average Bonchev–Trinajstić information content (AvgIpc) is 2.79. The van der Waals surface area contributed by atoms with Crippen molar-refractivity contribution >= 4 is 15.9 Å². The molecule has 0 aromatic heterocycles. The number of morpholine rings is 1. The first-order valence-electron chi connectivity index (χ1n) is 10.9. The summed E-state index contributed by atoms with van der Waals surface area (Å²) in [6.07, 6.45) is 4.21. The molecule has 8 nitrogen and oxygen atoms in total. The van der Waals surface area contributed by atoms with Crippen LogP contribution in [0, 0.1) is 11.3 Å². The second kappa shape index (κ2) is 12.8. The van der Waals surface area contributed by atoms with Gasteiger partial charge in [-0.15, -0.1) is 0 Å². The number of sulfonamides is 1. The Labute approximate surface area is 186 Å². The van der Waals surface area contributed by atoms with Crippen LogP contribution in [0.5, 0.6) is 0 Å². The quantitative estimate of drug-likeness (QED) is 0.452. The van der Waals surface area contributed by atoms with Crippen LogP contribution in [0.4, 0.5) is 0 Å². The predicted molar refractivity (Wildman–Crippen MR) is 119 cm³/mol. The van der Waals surface area contributed by atoms with Crippen molar-refractivity contribution in [2.75, 3.05) is 59.5 Å². The van der Waals surface area contributed by atoms with Gasteiger partial charge in [0.25, 0.3) is 0 Å². The first kappa shape index (κ1) is 25.3. The molecule has 1 aromatic carbocycles. The highest BCUT2D eigenvalue weighted by atomic mass is 32.2. The third-order valence-electron chi connectivity index (χ3n) is 5.47. The number of benzene rings is 1. The van der Waals surface area contributed by atoms with Crippen molar-refractivity contribution in [2.24, 2.45) is 0 Å². The van der Waals surface area contributed by atoms with Gasteiger partial charge in [-0.05, 0) is 30.7 Å². The Morgan fingerprint density at radius 3 is 2.42 bits per heavy atom. The lowest BCUT2D eigenvalue weighted by molar-refractivity contribution is -0.131. The molecule has 0 saturated carbocycles. The third-order valence-corrected chi connectivity index (χ3v) is 7.29. The zero-order valence-electron chi connectivity index (χ0n) is 18.6. The van der Waals surface area contributed by atoms with E-state index in [1.165, 1.54) is 31.3 Å². The Kier molecular flexibility index (Phi) is 10.4. The van der Waals surface area contributed by atoms with Crippen LogP contribution in [0.25, 0.3) is 0 Å². The number of carbonyl (C=O) groups excluding carboxylic acids is 1. The Bertz CT molecular complexity index is 830. The topological polar surface area (TPSA) is 93.9 Å². The smallest absolute Gasteiger partial charge is 0.243 e. The number of carbonyl (C=O) groups is 1. The molecule has 1 aliphatic rings. The van der Waals surface area contributed by atoms with Gasteiger partial charge < -0.3 is 9.64 Å². The van der Waals surface area contributed by atoms with Gasteiger partial charge in [0.1, 0.15) is 0 Å². The molecule has 31 heavy (non-hydrogen) atoms. The van der Waals surface area contributed by atoms with E-state index in [0.717, 1.165) is 49.6 Å². The number of nitriles is 1. The van der Waals surface area contributed by atoms with E-state index in [9.17, 15) is 13.2 Å². The standard InChI is InChI=1S/C22H34N4O4S/c1-3-4-5-6-11-26(13-12-25-14-16-30-17-15-25)22(27)19-24(2)31(28,29)21-9-7-20(18-23)8-10-21/h7-10H,3-6,11-17,19H2,1-2H3. The summed E-state index contributed by atoms with van der Waals surface area (Å²) >= 11 is 0. The second-order valence-electron chi connectivity index (χ2n) is 7.79. The van der Waals surface area contributed by atoms with Crippen LogP contribution in [0.3, 0.4) is 0 Å². The van der Waals surface area contributed by atoms with Crippen LogP contribution in [-0.2, 0) is 19.6 Å². The summed E-state index contributed by atoms with van der Waals surface area (Å²) in [7, 11) is -2.39. The minimum absolute atomic E-state index is 0.0737. The number of hydrogen-bond acceptors (Lipinski definition) is 6. The lowest BCUT2D eigenvalue weighted by Crippen LogP contribution is -2.46. The Morgan fingerprint density at radius 1 is 1.13 bits per heavy atom. The van der Waals surface area contributed by atoms with Crippen molar-refractivity contribution in [3.05, 3.63) is 29.8 Å². The van der Waals surface area contributed by atoms with E-state index >= 15 is 0 Å². The molecule has 1 aromatic rings. The van der Waals surface area contributed by atoms with Gasteiger partial charge in [-0.25, -0.2) is 8.42 Å². The summed E-state index contributed by atoms with van der Waals surface area (Å²) < 4.78 is 32.2. The van der Waals surface area contributed by atoms with E-state index < -0.39 is 10.0 Å². The van der Waals surface area contributed by atoms with Crippen LogP contribution in [0.1, 0.15) is 38.2 Å². The molecule has 1 amide bonds. The van der Waals surface area contributed by atoms with E-state index in [-0.39, 0.29) is 17.3 Å². The maximum Gasteiger partial charge on any atom is 0.243 e. The molecule has 0 radical (unpaired) electrons. The van der Waals surface area contributed by atoms with Crippen molar-refractivity contribution in [1.82, 2.24) is 14.1 Å². The van der Waals surface area contributed by atoms with Crippen LogP contribution < -0.4 is 0 Å². The lowest BCUT2D eigenvalue weighted by atomic mass is 10.2. The van der Waals surface area contributed by atoms with Crippen molar-refractivity contribution in [2.45, 2.75) is 37.5 Å². The molecule has 0 aliphatic carbocycles. The fourth-order valence-corrected chi connectivity index (χ4v) is 4.55. The van der Waals surface area contributed by atoms with Gasteiger partial charge in [0.15, 0.2) is 0 Å². The molecule has 0 bridgehead atoms. The first-order valence-corrected chi connectivity index (χ1v) is 12.4. The third kappa shape index (κ3) is 7.89. The average molecular weight is 451 g/mol. The molecule has 0 atom stereocenters. The molecule has 1 saturated heterocycles. The van der Waals surface area contributed by atoms with Crippen LogP contribution in [-0.4, -0.2) is 88.0 Å². The number of hydrogen-bond donors (Lipinski definition) is 0. The summed E-state index contributed by atoms with van der Waals surface area (Å²) in [6.45, 7) is 7.02. The number of rotatable bonds is 12. The molecular formula is C22H34N4O4S. The number of nitrogens with zero attached hydrogens (tertiary/aromatic N) is 4. The Morgan fingerprint density at radius 2 is 1.81 bits per heavy atom. The molecule has 1 heterocycles. The zero-order chi connectivity index (χ0) is 22.7. The van der Waals surface area contributed by atoms with Crippen molar-refractivity contribution < 1.29 is 17.9 Å². The van der Waals surface area contributed by atoms with E-state index in [1.807, 2.05) is 6.07 Å². The summed E-state index contributed by atoms with van der Waals surface area (Å²) in [5.74, 6) is -0.190. The zero-order valence-corrected chi connectivity index (χ0v) is 19.4. The molecule has 9 heteroatoms. The van der Waals surface area contributed by atoms with Gasteiger partial charge in [0, 0.05) is 39.8 Å². The maximum atomic E-state index is 13.0. The molecule has 172 valence electrons. The second-order valence-corrected chi connectivity index (χ2v) is 9.84. The van der Waals surface area contributed by atoms with Crippen LogP contribution >= 0.6 is 0 Å². The largest absolute Gasteiger partial charge is 0.379 e. The van der Waals surface area contributed by atoms with Gasteiger partial charge in [-0.1, -0.05) is 26.2 Å². The Hall–Kier alpha value is -1.99. The Balaban J connectivity index is 2.00. The van der Waals surface area contributed by atoms with Gasteiger partial charge in [-0.2, -0.15) is 9.57 Å². The highest BCUT2D eigenvalue weighted by Gasteiger charge is 2.25. The monoisotopic (exact) mass is 450 g/mol. The lowest BCUT2D eigenvalue weighted by Gasteiger charge is -2.31. The number of ether oxygens (including phenoxy) is 1. The fraction of sp³-hybridized carbons (Fsp3) is 0.636. The minimum atomic E-state index is -3.81. The van der Waals surface area contributed by atoms with Crippen molar-refractivity contribution in [3.63, 3.8) is 0 Å². The van der Waals surface area contributed by atoms with Gasteiger partial charge in [0.2, 0.25) is 15.9 Å². The van der Waals surface area contributed by atoms with Crippen molar-refractivity contribution in [3.8, 4) is 6.07 Å². The first-order chi connectivity index (χ1) is 14.9. The van der Waals surface area contributed by atoms with Gasteiger partial charge >= 0.3 is 0 Å². The summed E-state index contributed by atoms with van der Waals surface area (Å²) in [4.78, 5) is 17.1. The molecule has 2 rings (SSSR count). The minimum Gasteiger partial charge on any atom is -0.379 e. The van der Waals surface area contributed by atoms with Crippen LogP contribution in [0.2, 0.25) is 0 Å². The number of likely N-dealkylation sites (N-methyl/N-ethyl adjacent to an activating group) is 1. The summed E-state index contributed by atoms with van der Waals surface area (Å²) in [5.41, 5.74) is 0.388. The molecule has 1 fully saturated rings. The van der Waals surface area contributed by atoms with E-state index in [4.69, 9.17) is 10.00 Å². The van der Waals surface area contributed by atoms with Gasteiger partial charge in [-0.3, -0.25) is 9.69 Å². The van der Waals surface area contributed by atoms with Crippen LogP contribution in [0.15, 0.2) is 29.2 Å². The normalized spacial score (nSPS) is 15.0. The fourth-order valence-electron chi connectivity index (χ4n) is 3.43. The molecular weight excluding hydrogens is 416 g/mol. The van der Waals surface area contributed by atoms with E-state index in [2.05, 4.69) is 11.8 Å². The molecule has 0 N–H and O–H groups in total. The van der Waals surface area contributed by atoms with E-state index in [1.54, 1.807) is 4.90 Å². The van der Waals surface area contributed by atoms with Crippen molar-refractivity contribution in [1.29, 1.82) is 5.26 Å². The summed E-state index contributed by atoms with van der Waals surface area (Å²) in [5, 5.41) is 8.90. The number of amides is 1.